The first kappa shape index (κ1) is 12.3. The van der Waals surface area contributed by atoms with Crippen LogP contribution in [0.3, 0.4) is 0 Å². The van der Waals surface area contributed by atoms with Crippen molar-refractivity contribution in [3.63, 3.8) is 0 Å². The molecule has 0 N–H and O–H groups in total. The van der Waals surface area contributed by atoms with Gasteiger partial charge in [-0.1, -0.05) is 16.7 Å². The lowest BCUT2D eigenvalue weighted by molar-refractivity contribution is 0.0475. The maximum atomic E-state index is 11.3. The van der Waals surface area contributed by atoms with Gasteiger partial charge in [0, 0.05) is 17.1 Å². The van der Waals surface area contributed by atoms with E-state index in [2.05, 4.69) is 15.2 Å². The summed E-state index contributed by atoms with van der Waals surface area (Å²) in [6.45, 7) is 1.95. The Morgan fingerprint density at radius 2 is 2.47 bits per heavy atom. The zero-order valence-corrected chi connectivity index (χ0v) is 10.9. The van der Waals surface area contributed by atoms with Crippen molar-refractivity contribution in [1.82, 2.24) is 15.2 Å². The van der Waals surface area contributed by atoms with Gasteiger partial charge in [0.05, 0.1) is 6.61 Å². The summed E-state index contributed by atoms with van der Waals surface area (Å²) in [5.41, 5.74) is 0. The number of hydrogen-bond donors (Lipinski definition) is 0. The summed E-state index contributed by atoms with van der Waals surface area (Å²) in [5.74, 6) is -0.805. The highest BCUT2D eigenvalue weighted by Crippen LogP contribution is 2.30. The first-order valence-electron chi connectivity index (χ1n) is 4.48. The van der Waals surface area contributed by atoms with Gasteiger partial charge < -0.3 is 9.15 Å². The molecule has 0 radical (unpaired) electrons. The zero-order chi connectivity index (χ0) is 12.3. The lowest BCUT2D eigenvalue weighted by atomic mass is 10.7. The minimum atomic E-state index is -0.635. The smallest absolute Gasteiger partial charge is 0.396 e. The number of carbonyl (C=O) groups is 1. The van der Waals surface area contributed by atoms with Crippen LogP contribution in [0.5, 0.6) is 0 Å². The van der Waals surface area contributed by atoms with Crippen LogP contribution in [0.4, 0.5) is 0 Å². The van der Waals surface area contributed by atoms with Crippen molar-refractivity contribution < 1.29 is 13.9 Å². The molecule has 17 heavy (non-hydrogen) atoms. The molecule has 2 aromatic heterocycles. The molecule has 6 nitrogen and oxygen atoms in total. The fourth-order valence-electron chi connectivity index (χ4n) is 0.887. The van der Waals surface area contributed by atoms with Gasteiger partial charge in [0.15, 0.2) is 4.34 Å². The topological polar surface area (TPSA) is 78.1 Å². The normalized spacial score (nSPS) is 10.5. The molecule has 0 aliphatic rings. The Morgan fingerprint density at radius 3 is 3.12 bits per heavy atom. The lowest BCUT2D eigenvalue weighted by Gasteiger charge is -1.93. The van der Waals surface area contributed by atoms with E-state index < -0.39 is 5.97 Å². The molecule has 2 rings (SSSR count). The summed E-state index contributed by atoms with van der Waals surface area (Å²) in [4.78, 5) is 15.3. The van der Waals surface area contributed by atoms with E-state index in [1.165, 1.54) is 11.3 Å². The van der Waals surface area contributed by atoms with Crippen LogP contribution in [-0.2, 0) is 4.74 Å². The van der Waals surface area contributed by atoms with E-state index in [9.17, 15) is 4.79 Å². The highest BCUT2D eigenvalue weighted by Gasteiger charge is 2.17. The molecule has 0 aliphatic heterocycles. The van der Waals surface area contributed by atoms with Crippen LogP contribution in [0.2, 0.25) is 5.15 Å². The maximum absolute atomic E-state index is 11.3. The third-order valence-corrected chi connectivity index (χ3v) is 3.59. The second-order valence-electron chi connectivity index (χ2n) is 2.63. The van der Waals surface area contributed by atoms with E-state index in [1.807, 2.05) is 0 Å². The molecular weight excluding hydrogens is 286 g/mol. The van der Waals surface area contributed by atoms with Crippen LogP contribution in [0.25, 0.3) is 0 Å². The standard InChI is InChI=1S/C8H6ClN3O3S2/c1-2-14-6(13)5-11-12-7(15-5)17-8-10-4(9)3-16-8/h3H,2H2,1H3. The Morgan fingerprint density at radius 1 is 1.65 bits per heavy atom. The second kappa shape index (κ2) is 5.48. The van der Waals surface area contributed by atoms with E-state index >= 15 is 0 Å². The Balaban J connectivity index is 2.06. The maximum Gasteiger partial charge on any atom is 0.396 e. The second-order valence-corrected chi connectivity index (χ2v) is 5.08. The van der Waals surface area contributed by atoms with Crippen molar-refractivity contribution in [3.8, 4) is 0 Å². The molecule has 0 atom stereocenters. The van der Waals surface area contributed by atoms with E-state index in [4.69, 9.17) is 20.8 Å². The van der Waals surface area contributed by atoms with Gasteiger partial charge in [-0.25, -0.2) is 9.78 Å². The molecule has 0 aliphatic carbocycles. The molecule has 90 valence electrons. The summed E-state index contributed by atoms with van der Waals surface area (Å²) < 4.78 is 10.5. The molecule has 0 unspecified atom stereocenters. The van der Waals surface area contributed by atoms with E-state index in [0.717, 1.165) is 11.8 Å². The van der Waals surface area contributed by atoms with Crippen molar-refractivity contribution in [1.29, 1.82) is 0 Å². The van der Waals surface area contributed by atoms with Gasteiger partial charge in [-0.2, -0.15) is 0 Å². The van der Waals surface area contributed by atoms with Crippen molar-refractivity contribution in [2.24, 2.45) is 0 Å². The van der Waals surface area contributed by atoms with Gasteiger partial charge in [-0.05, 0) is 6.92 Å². The van der Waals surface area contributed by atoms with Gasteiger partial charge in [0.25, 0.3) is 5.22 Å². The molecule has 0 saturated heterocycles. The predicted molar refractivity (Wildman–Crippen MR) is 61.5 cm³/mol. The highest BCUT2D eigenvalue weighted by molar-refractivity contribution is 8.00. The lowest BCUT2D eigenvalue weighted by Crippen LogP contribution is -2.04. The minimum Gasteiger partial charge on any atom is -0.459 e. The quantitative estimate of drug-likeness (QED) is 0.801. The number of aromatic nitrogens is 3. The molecule has 0 aromatic carbocycles. The summed E-state index contributed by atoms with van der Waals surface area (Å²) in [6.07, 6.45) is 0. The molecule has 2 aromatic rings. The molecular formula is C8H6ClN3O3S2. The van der Waals surface area contributed by atoms with Gasteiger partial charge in [-0.3, -0.25) is 0 Å². The van der Waals surface area contributed by atoms with E-state index in [-0.39, 0.29) is 17.7 Å². The number of rotatable bonds is 4. The summed E-state index contributed by atoms with van der Waals surface area (Å²) in [6, 6.07) is 0. The van der Waals surface area contributed by atoms with Crippen LogP contribution in [-0.4, -0.2) is 27.8 Å². The summed E-state index contributed by atoms with van der Waals surface area (Å²) in [7, 11) is 0. The number of ether oxygens (including phenoxy) is 1. The van der Waals surface area contributed by atoms with Crippen molar-refractivity contribution in [2.45, 2.75) is 16.5 Å². The largest absolute Gasteiger partial charge is 0.459 e. The third kappa shape index (κ3) is 3.18. The molecule has 0 saturated carbocycles. The Bertz CT molecular complexity index is 528. The Kier molecular flexibility index (Phi) is 3.97. The molecule has 0 fully saturated rings. The molecule has 0 bridgehead atoms. The average molecular weight is 292 g/mol. The van der Waals surface area contributed by atoms with Crippen LogP contribution in [0, 0.1) is 0 Å². The SMILES string of the molecule is CCOC(=O)c1nnc(Sc2nc(Cl)cs2)o1. The van der Waals surface area contributed by atoms with Crippen LogP contribution in [0.15, 0.2) is 19.4 Å². The predicted octanol–water partition coefficient (Wildman–Crippen LogP) is 2.51. The van der Waals surface area contributed by atoms with Crippen molar-refractivity contribution in [2.75, 3.05) is 6.61 Å². The highest BCUT2D eigenvalue weighted by atomic mass is 35.5. The fraction of sp³-hybridized carbons (Fsp3) is 0.250. The molecule has 0 spiro atoms. The summed E-state index contributed by atoms with van der Waals surface area (Å²) >= 11 is 8.16. The minimum absolute atomic E-state index is 0.169. The van der Waals surface area contributed by atoms with Crippen molar-refractivity contribution >= 4 is 40.7 Å². The number of thiazole rings is 1. The molecule has 0 amide bonds. The third-order valence-electron chi connectivity index (χ3n) is 1.49. The molecule has 9 heteroatoms. The van der Waals surface area contributed by atoms with Gasteiger partial charge >= 0.3 is 11.9 Å². The van der Waals surface area contributed by atoms with Crippen LogP contribution < -0.4 is 0 Å². The van der Waals surface area contributed by atoms with Crippen LogP contribution >= 0.6 is 34.7 Å². The van der Waals surface area contributed by atoms with Crippen molar-refractivity contribution in [3.05, 3.63) is 16.4 Å². The van der Waals surface area contributed by atoms with Crippen LogP contribution in [0.1, 0.15) is 17.6 Å². The monoisotopic (exact) mass is 291 g/mol. The molecule has 2 heterocycles. The zero-order valence-electron chi connectivity index (χ0n) is 8.55. The number of esters is 1. The number of carbonyl (C=O) groups excluding carboxylic acids is 1. The Labute approximate surface area is 109 Å². The average Bonchev–Trinajstić information content (AvgIpc) is 2.89. The van der Waals surface area contributed by atoms with E-state index in [0.29, 0.717) is 9.49 Å². The first-order chi connectivity index (χ1) is 8.19. The number of halogens is 1. The number of hydrogen-bond acceptors (Lipinski definition) is 8. The Hall–Kier alpha value is -1.12. The van der Waals surface area contributed by atoms with Gasteiger partial charge in [0.1, 0.15) is 5.15 Å². The fourth-order valence-corrected chi connectivity index (χ4v) is 2.65. The first-order valence-corrected chi connectivity index (χ1v) is 6.56. The van der Waals surface area contributed by atoms with Gasteiger partial charge in [-0.15, -0.1) is 16.4 Å². The summed E-state index contributed by atoms with van der Waals surface area (Å²) in [5, 5.41) is 9.58. The number of nitrogens with zero attached hydrogens (tertiary/aromatic N) is 3. The van der Waals surface area contributed by atoms with Gasteiger partial charge in [0.2, 0.25) is 0 Å². The van der Waals surface area contributed by atoms with E-state index in [1.54, 1.807) is 12.3 Å².